The Bertz CT molecular complexity index is 673. The van der Waals surface area contributed by atoms with Crippen LogP contribution < -0.4 is 5.32 Å². The van der Waals surface area contributed by atoms with Gasteiger partial charge in [-0.3, -0.25) is 5.10 Å². The third-order valence-electron chi connectivity index (χ3n) is 4.47. The van der Waals surface area contributed by atoms with Gasteiger partial charge in [0.2, 0.25) is 0 Å². The molecule has 1 aliphatic rings. The summed E-state index contributed by atoms with van der Waals surface area (Å²) in [6, 6.07) is 7.57. The number of carbonyl (C=O) groups excluding carboxylic acids is 1. The van der Waals surface area contributed by atoms with Crippen molar-refractivity contribution in [1.29, 1.82) is 0 Å². The van der Waals surface area contributed by atoms with E-state index in [1.54, 1.807) is 7.11 Å². The molecule has 0 saturated carbocycles. The number of aromatic nitrogens is 3. The molecule has 1 aromatic carbocycles. The Morgan fingerprint density at radius 3 is 3.08 bits per heavy atom. The summed E-state index contributed by atoms with van der Waals surface area (Å²) in [6.45, 7) is 2.69. The van der Waals surface area contributed by atoms with Crippen LogP contribution in [0.3, 0.4) is 0 Å². The predicted octanol–water partition coefficient (Wildman–Crippen LogP) is 3.27. The number of amides is 2. The molecule has 128 valence electrons. The molecule has 0 aliphatic carbocycles. The molecule has 2 atom stereocenters. The zero-order valence-electron chi connectivity index (χ0n) is 14.0. The Morgan fingerprint density at radius 2 is 2.33 bits per heavy atom. The molecule has 2 heterocycles. The van der Waals surface area contributed by atoms with Crippen LogP contribution in [0.25, 0.3) is 0 Å². The maximum Gasteiger partial charge on any atom is 0.322 e. The van der Waals surface area contributed by atoms with Crippen molar-refractivity contribution in [1.82, 2.24) is 20.1 Å². The summed E-state index contributed by atoms with van der Waals surface area (Å²) < 4.78 is 5.34. The number of ether oxygens (including phenoxy) is 1. The van der Waals surface area contributed by atoms with Crippen LogP contribution in [0.1, 0.15) is 49.7 Å². The van der Waals surface area contributed by atoms with E-state index in [1.807, 2.05) is 36.1 Å². The lowest BCUT2D eigenvalue weighted by Crippen LogP contribution is -2.41. The van der Waals surface area contributed by atoms with Crippen LogP contribution in [-0.2, 0) is 4.74 Å². The molecule has 7 heteroatoms. The lowest BCUT2D eigenvalue weighted by molar-refractivity contribution is 0.119. The Balaban J connectivity index is 1.73. The van der Waals surface area contributed by atoms with E-state index in [0.29, 0.717) is 6.54 Å². The molecule has 2 aromatic rings. The highest BCUT2D eigenvalue weighted by Crippen LogP contribution is 2.29. The second-order valence-electron chi connectivity index (χ2n) is 6.01. The van der Waals surface area contributed by atoms with Crippen LogP contribution in [-0.4, -0.2) is 39.8 Å². The van der Waals surface area contributed by atoms with Crippen molar-refractivity contribution >= 4 is 11.7 Å². The van der Waals surface area contributed by atoms with Gasteiger partial charge in [-0.15, -0.1) is 0 Å². The molecule has 0 bridgehead atoms. The van der Waals surface area contributed by atoms with E-state index in [-0.39, 0.29) is 18.2 Å². The fourth-order valence-electron chi connectivity index (χ4n) is 3.04. The molecular weight excluding hydrogens is 306 g/mol. The summed E-state index contributed by atoms with van der Waals surface area (Å²) in [5.74, 6) is 0.742. The third-order valence-corrected chi connectivity index (χ3v) is 4.47. The highest BCUT2D eigenvalue weighted by atomic mass is 16.5. The van der Waals surface area contributed by atoms with Gasteiger partial charge in [-0.25, -0.2) is 9.78 Å². The summed E-state index contributed by atoms with van der Waals surface area (Å²) >= 11 is 0. The molecule has 0 radical (unpaired) electrons. The first kappa shape index (κ1) is 16.4. The SMILES string of the molecule is COC(C)c1cccc(NC(=O)N2CCCCC2c2ncn[nH]2)c1. The van der Waals surface area contributed by atoms with E-state index in [0.717, 1.165) is 36.3 Å². The summed E-state index contributed by atoms with van der Waals surface area (Å²) in [6.07, 6.45) is 4.44. The maximum absolute atomic E-state index is 12.7. The van der Waals surface area contributed by atoms with Crippen molar-refractivity contribution in [3.8, 4) is 0 Å². The number of H-pyrrole nitrogens is 1. The highest BCUT2D eigenvalue weighted by molar-refractivity contribution is 5.89. The number of hydrogen-bond donors (Lipinski definition) is 2. The number of nitrogens with one attached hydrogen (secondary N) is 2. The normalized spacial score (nSPS) is 19.1. The molecule has 7 nitrogen and oxygen atoms in total. The first-order valence-corrected chi connectivity index (χ1v) is 8.24. The zero-order chi connectivity index (χ0) is 16.9. The van der Waals surface area contributed by atoms with Gasteiger partial charge in [-0.1, -0.05) is 12.1 Å². The van der Waals surface area contributed by atoms with Crippen LogP contribution >= 0.6 is 0 Å². The number of anilines is 1. The van der Waals surface area contributed by atoms with Crippen molar-refractivity contribution in [3.63, 3.8) is 0 Å². The molecule has 0 spiro atoms. The number of urea groups is 1. The summed E-state index contributed by atoms with van der Waals surface area (Å²) in [5, 5.41) is 9.79. The van der Waals surface area contributed by atoms with Crippen molar-refractivity contribution in [3.05, 3.63) is 42.0 Å². The predicted molar refractivity (Wildman–Crippen MR) is 90.6 cm³/mol. The van der Waals surface area contributed by atoms with Gasteiger partial charge in [0.1, 0.15) is 12.2 Å². The lowest BCUT2D eigenvalue weighted by atomic mass is 10.0. The van der Waals surface area contributed by atoms with E-state index in [2.05, 4.69) is 20.5 Å². The highest BCUT2D eigenvalue weighted by Gasteiger charge is 2.30. The lowest BCUT2D eigenvalue weighted by Gasteiger charge is -2.34. The largest absolute Gasteiger partial charge is 0.377 e. The number of aromatic amines is 1. The minimum absolute atomic E-state index is 0.0150. The molecule has 3 rings (SSSR count). The minimum Gasteiger partial charge on any atom is -0.377 e. The van der Waals surface area contributed by atoms with Gasteiger partial charge in [0, 0.05) is 19.3 Å². The number of rotatable bonds is 4. The van der Waals surface area contributed by atoms with Crippen molar-refractivity contribution in [2.75, 3.05) is 19.0 Å². The first-order chi connectivity index (χ1) is 11.7. The van der Waals surface area contributed by atoms with Gasteiger partial charge in [-0.2, -0.15) is 5.10 Å². The molecule has 2 amide bonds. The third kappa shape index (κ3) is 3.56. The summed E-state index contributed by atoms with van der Waals surface area (Å²) in [7, 11) is 1.67. The van der Waals surface area contributed by atoms with Crippen molar-refractivity contribution in [2.45, 2.75) is 38.3 Å². The maximum atomic E-state index is 12.7. The number of benzene rings is 1. The van der Waals surface area contributed by atoms with Gasteiger partial charge >= 0.3 is 6.03 Å². The smallest absolute Gasteiger partial charge is 0.322 e. The second-order valence-corrected chi connectivity index (χ2v) is 6.01. The van der Waals surface area contributed by atoms with E-state index >= 15 is 0 Å². The Morgan fingerprint density at radius 1 is 1.46 bits per heavy atom. The van der Waals surface area contributed by atoms with Crippen LogP contribution in [0.2, 0.25) is 0 Å². The standard InChI is InChI=1S/C17H23N5O2/c1-12(24-2)13-6-5-7-14(10-13)20-17(23)22-9-4-3-8-15(22)16-18-11-19-21-16/h5-7,10-12,15H,3-4,8-9H2,1-2H3,(H,20,23)(H,18,19,21). The van der Waals surface area contributed by atoms with Crippen LogP contribution in [0.5, 0.6) is 0 Å². The molecule has 24 heavy (non-hydrogen) atoms. The van der Waals surface area contributed by atoms with Crippen LogP contribution in [0.15, 0.2) is 30.6 Å². The molecule has 2 unspecified atom stereocenters. The van der Waals surface area contributed by atoms with Gasteiger partial charge in [-0.05, 0) is 43.9 Å². The Kier molecular flexibility index (Phi) is 5.10. The van der Waals surface area contributed by atoms with E-state index in [9.17, 15) is 4.79 Å². The monoisotopic (exact) mass is 329 g/mol. The average Bonchev–Trinajstić information content (AvgIpc) is 3.15. The first-order valence-electron chi connectivity index (χ1n) is 8.24. The number of piperidine rings is 1. The van der Waals surface area contributed by atoms with E-state index in [1.165, 1.54) is 6.33 Å². The minimum atomic E-state index is -0.113. The molecule has 1 saturated heterocycles. The number of nitrogens with zero attached hydrogens (tertiary/aromatic N) is 3. The molecule has 1 aliphatic heterocycles. The molecular formula is C17H23N5O2. The zero-order valence-corrected chi connectivity index (χ0v) is 14.0. The number of likely N-dealkylation sites (tertiary alicyclic amines) is 1. The van der Waals surface area contributed by atoms with Crippen molar-refractivity contribution < 1.29 is 9.53 Å². The summed E-state index contributed by atoms with van der Waals surface area (Å²) in [5.41, 5.74) is 1.80. The second kappa shape index (κ2) is 7.44. The summed E-state index contributed by atoms with van der Waals surface area (Å²) in [4.78, 5) is 18.8. The van der Waals surface area contributed by atoms with Crippen LogP contribution in [0, 0.1) is 0 Å². The number of carbonyl (C=O) groups is 1. The topological polar surface area (TPSA) is 83.1 Å². The fourth-order valence-corrected chi connectivity index (χ4v) is 3.04. The van der Waals surface area contributed by atoms with E-state index < -0.39 is 0 Å². The van der Waals surface area contributed by atoms with Gasteiger partial charge < -0.3 is 15.0 Å². The average molecular weight is 329 g/mol. The molecule has 2 N–H and O–H groups in total. The van der Waals surface area contributed by atoms with Gasteiger partial charge in [0.05, 0.1) is 12.1 Å². The van der Waals surface area contributed by atoms with Crippen LogP contribution in [0.4, 0.5) is 10.5 Å². The molecule has 1 aromatic heterocycles. The van der Waals surface area contributed by atoms with E-state index in [4.69, 9.17) is 4.74 Å². The Labute approximate surface area is 141 Å². The van der Waals surface area contributed by atoms with Gasteiger partial charge in [0.15, 0.2) is 0 Å². The Hall–Kier alpha value is -2.41. The fraction of sp³-hybridized carbons (Fsp3) is 0.471. The van der Waals surface area contributed by atoms with Gasteiger partial charge in [0.25, 0.3) is 0 Å². The molecule has 1 fully saturated rings. The number of methoxy groups -OCH3 is 1. The van der Waals surface area contributed by atoms with Crippen molar-refractivity contribution in [2.24, 2.45) is 0 Å². The quantitative estimate of drug-likeness (QED) is 0.902. The number of hydrogen-bond acceptors (Lipinski definition) is 4.